The average molecular weight is 313 g/mol. The predicted molar refractivity (Wildman–Crippen MR) is 88.0 cm³/mol. The fraction of sp³-hybridized carbons (Fsp3) is 0.444. The van der Waals surface area contributed by atoms with E-state index in [1.54, 1.807) is 10.9 Å². The first kappa shape index (κ1) is 15.7. The van der Waals surface area contributed by atoms with E-state index in [0.717, 1.165) is 24.1 Å². The first-order chi connectivity index (χ1) is 11.1. The van der Waals surface area contributed by atoms with Gasteiger partial charge in [-0.1, -0.05) is 30.3 Å². The number of hydrogen-bond acceptors (Lipinski definition) is 3. The molecule has 122 valence electrons. The minimum atomic E-state index is -0.450. The van der Waals surface area contributed by atoms with Gasteiger partial charge in [0.05, 0.1) is 17.4 Å². The number of hydrogen-bond donors (Lipinski definition) is 1. The van der Waals surface area contributed by atoms with Crippen molar-refractivity contribution < 1.29 is 9.90 Å². The fourth-order valence-corrected chi connectivity index (χ4v) is 3.32. The van der Waals surface area contributed by atoms with Gasteiger partial charge in [-0.25, -0.2) is 0 Å². The number of aryl methyl sites for hydroxylation is 2. The SMILES string of the molecule is Cc1nn(C)cc1C(=O)N1CCC(C(O)c2ccccc2)CC1. The van der Waals surface area contributed by atoms with Crippen molar-refractivity contribution in [2.75, 3.05) is 13.1 Å². The molecule has 1 atom stereocenters. The molecule has 1 aromatic heterocycles. The summed E-state index contributed by atoms with van der Waals surface area (Å²) >= 11 is 0. The molecule has 1 aliphatic heterocycles. The van der Waals surface area contributed by atoms with E-state index in [0.29, 0.717) is 18.7 Å². The van der Waals surface area contributed by atoms with E-state index in [1.807, 2.05) is 49.2 Å². The Hall–Kier alpha value is -2.14. The second-order valence-corrected chi connectivity index (χ2v) is 6.29. The molecule has 2 aromatic rings. The first-order valence-electron chi connectivity index (χ1n) is 8.09. The molecule has 1 saturated heterocycles. The molecule has 5 heteroatoms. The first-order valence-corrected chi connectivity index (χ1v) is 8.09. The summed E-state index contributed by atoms with van der Waals surface area (Å²) in [7, 11) is 1.83. The van der Waals surface area contributed by atoms with E-state index >= 15 is 0 Å². The van der Waals surface area contributed by atoms with Crippen molar-refractivity contribution >= 4 is 5.91 Å². The zero-order valence-corrected chi connectivity index (χ0v) is 13.6. The summed E-state index contributed by atoms with van der Waals surface area (Å²) in [5.74, 6) is 0.250. The topological polar surface area (TPSA) is 58.4 Å². The Balaban J connectivity index is 1.62. The zero-order chi connectivity index (χ0) is 16.4. The van der Waals surface area contributed by atoms with Crippen LogP contribution in [0.3, 0.4) is 0 Å². The van der Waals surface area contributed by atoms with Gasteiger partial charge in [0.25, 0.3) is 5.91 Å². The lowest BCUT2D eigenvalue weighted by molar-refractivity contribution is 0.0462. The van der Waals surface area contributed by atoms with Gasteiger partial charge in [0.1, 0.15) is 0 Å². The number of likely N-dealkylation sites (tertiary alicyclic amines) is 1. The summed E-state index contributed by atoms with van der Waals surface area (Å²) in [4.78, 5) is 14.5. The maximum Gasteiger partial charge on any atom is 0.257 e. The molecule has 5 nitrogen and oxygen atoms in total. The van der Waals surface area contributed by atoms with E-state index in [1.165, 1.54) is 0 Å². The Morgan fingerprint density at radius 2 is 1.91 bits per heavy atom. The maximum atomic E-state index is 12.6. The molecule has 1 amide bonds. The summed E-state index contributed by atoms with van der Waals surface area (Å²) in [5.41, 5.74) is 2.40. The molecular formula is C18H23N3O2. The summed E-state index contributed by atoms with van der Waals surface area (Å²) in [6.45, 7) is 3.22. The van der Waals surface area contributed by atoms with Crippen molar-refractivity contribution in [2.45, 2.75) is 25.9 Å². The summed E-state index contributed by atoms with van der Waals surface area (Å²) < 4.78 is 1.68. The molecule has 1 fully saturated rings. The van der Waals surface area contributed by atoms with Crippen LogP contribution >= 0.6 is 0 Å². The zero-order valence-electron chi connectivity index (χ0n) is 13.6. The Bertz CT molecular complexity index is 673. The van der Waals surface area contributed by atoms with Gasteiger partial charge < -0.3 is 10.0 Å². The van der Waals surface area contributed by atoms with Gasteiger partial charge in [-0.3, -0.25) is 9.48 Å². The quantitative estimate of drug-likeness (QED) is 0.946. The molecule has 1 unspecified atom stereocenters. The lowest BCUT2D eigenvalue weighted by atomic mass is 9.87. The summed E-state index contributed by atoms with van der Waals surface area (Å²) in [5, 5.41) is 14.8. The normalized spacial score (nSPS) is 17.3. The maximum absolute atomic E-state index is 12.6. The predicted octanol–water partition coefficient (Wildman–Crippen LogP) is 2.31. The van der Waals surface area contributed by atoms with Crippen molar-refractivity contribution in [1.29, 1.82) is 0 Å². The standard InChI is InChI=1S/C18H23N3O2/c1-13-16(12-20(2)19-13)18(23)21-10-8-15(9-11-21)17(22)14-6-4-3-5-7-14/h3-7,12,15,17,22H,8-11H2,1-2H3. The third kappa shape index (κ3) is 3.29. The van der Waals surface area contributed by atoms with Crippen molar-refractivity contribution in [3.63, 3.8) is 0 Å². The van der Waals surface area contributed by atoms with E-state index in [9.17, 15) is 9.90 Å². The molecule has 0 aliphatic carbocycles. The van der Waals surface area contributed by atoms with Crippen LogP contribution < -0.4 is 0 Å². The van der Waals surface area contributed by atoms with E-state index in [2.05, 4.69) is 5.10 Å². The number of amides is 1. The minimum absolute atomic E-state index is 0.0447. The number of aliphatic hydroxyl groups is 1. The Morgan fingerprint density at radius 1 is 1.26 bits per heavy atom. The summed E-state index contributed by atoms with van der Waals surface area (Å²) in [6, 6.07) is 9.76. The van der Waals surface area contributed by atoms with Gasteiger partial charge in [-0.15, -0.1) is 0 Å². The Labute approximate surface area is 136 Å². The smallest absolute Gasteiger partial charge is 0.257 e. The van der Waals surface area contributed by atoms with Gasteiger partial charge in [-0.2, -0.15) is 5.10 Å². The highest BCUT2D eigenvalue weighted by molar-refractivity contribution is 5.95. The highest BCUT2D eigenvalue weighted by Crippen LogP contribution is 2.31. The van der Waals surface area contributed by atoms with Crippen LogP contribution in [0.15, 0.2) is 36.5 Å². The van der Waals surface area contributed by atoms with Crippen LogP contribution in [0.2, 0.25) is 0 Å². The van der Waals surface area contributed by atoms with Crippen LogP contribution in [-0.2, 0) is 7.05 Å². The molecule has 1 aromatic carbocycles. The third-order valence-electron chi connectivity index (χ3n) is 4.66. The van der Waals surface area contributed by atoms with Crippen molar-refractivity contribution in [3.8, 4) is 0 Å². The molecule has 0 bridgehead atoms. The van der Waals surface area contributed by atoms with Crippen LogP contribution in [0.1, 0.15) is 40.6 Å². The van der Waals surface area contributed by atoms with Crippen molar-refractivity contribution in [3.05, 3.63) is 53.3 Å². The van der Waals surface area contributed by atoms with Gasteiger partial charge >= 0.3 is 0 Å². The van der Waals surface area contributed by atoms with Crippen LogP contribution in [-0.4, -0.2) is 38.8 Å². The highest BCUT2D eigenvalue weighted by atomic mass is 16.3. The van der Waals surface area contributed by atoms with Crippen LogP contribution in [0.5, 0.6) is 0 Å². The molecule has 3 rings (SSSR count). The number of aliphatic hydroxyl groups excluding tert-OH is 1. The molecule has 0 radical (unpaired) electrons. The van der Waals surface area contributed by atoms with E-state index < -0.39 is 6.10 Å². The lowest BCUT2D eigenvalue weighted by Crippen LogP contribution is -2.39. The molecule has 1 aliphatic rings. The number of carbonyl (C=O) groups is 1. The largest absolute Gasteiger partial charge is 0.388 e. The van der Waals surface area contributed by atoms with Crippen LogP contribution in [0.25, 0.3) is 0 Å². The number of benzene rings is 1. The van der Waals surface area contributed by atoms with E-state index in [-0.39, 0.29) is 11.8 Å². The monoisotopic (exact) mass is 313 g/mol. The fourth-order valence-electron chi connectivity index (χ4n) is 3.32. The van der Waals surface area contributed by atoms with Crippen LogP contribution in [0, 0.1) is 12.8 Å². The Kier molecular flexibility index (Phi) is 4.48. The number of piperidine rings is 1. The van der Waals surface area contributed by atoms with Crippen LogP contribution in [0.4, 0.5) is 0 Å². The molecule has 23 heavy (non-hydrogen) atoms. The minimum Gasteiger partial charge on any atom is -0.388 e. The number of rotatable bonds is 3. The molecule has 0 saturated carbocycles. The highest BCUT2D eigenvalue weighted by Gasteiger charge is 2.29. The molecule has 1 N–H and O–H groups in total. The second kappa shape index (κ2) is 6.54. The molecule has 2 heterocycles. The van der Waals surface area contributed by atoms with Gasteiger partial charge in [-0.05, 0) is 31.2 Å². The van der Waals surface area contributed by atoms with Gasteiger partial charge in [0, 0.05) is 26.3 Å². The molecule has 0 spiro atoms. The van der Waals surface area contributed by atoms with Gasteiger partial charge in [0.15, 0.2) is 0 Å². The van der Waals surface area contributed by atoms with Crippen molar-refractivity contribution in [2.24, 2.45) is 13.0 Å². The van der Waals surface area contributed by atoms with Gasteiger partial charge in [0.2, 0.25) is 0 Å². The number of carbonyl (C=O) groups excluding carboxylic acids is 1. The molecular weight excluding hydrogens is 290 g/mol. The Morgan fingerprint density at radius 3 is 2.48 bits per heavy atom. The second-order valence-electron chi connectivity index (χ2n) is 6.29. The van der Waals surface area contributed by atoms with E-state index in [4.69, 9.17) is 0 Å². The number of aromatic nitrogens is 2. The third-order valence-corrected chi connectivity index (χ3v) is 4.66. The lowest BCUT2D eigenvalue weighted by Gasteiger charge is -2.34. The average Bonchev–Trinajstić information content (AvgIpc) is 2.93. The number of nitrogens with zero attached hydrogens (tertiary/aromatic N) is 3. The van der Waals surface area contributed by atoms with Crippen molar-refractivity contribution in [1.82, 2.24) is 14.7 Å². The summed E-state index contributed by atoms with van der Waals surface area (Å²) in [6.07, 6.45) is 2.97.